The van der Waals surface area contributed by atoms with Gasteiger partial charge in [-0.1, -0.05) is 17.7 Å². The molecule has 1 aromatic rings. The highest BCUT2D eigenvalue weighted by Crippen LogP contribution is 2.21. The highest BCUT2D eigenvalue weighted by molar-refractivity contribution is 5.94. The number of ether oxygens (including phenoxy) is 1. The van der Waals surface area contributed by atoms with E-state index in [-0.39, 0.29) is 24.8 Å². The molecule has 1 aliphatic rings. The van der Waals surface area contributed by atoms with E-state index in [9.17, 15) is 14.0 Å². The molecule has 0 aliphatic heterocycles. The summed E-state index contributed by atoms with van der Waals surface area (Å²) in [5.41, 5.74) is 1.67. The van der Waals surface area contributed by atoms with E-state index in [2.05, 4.69) is 6.08 Å². The third-order valence-corrected chi connectivity index (χ3v) is 4.34. The Labute approximate surface area is 148 Å². The van der Waals surface area contributed by atoms with Crippen LogP contribution in [0.25, 0.3) is 0 Å². The van der Waals surface area contributed by atoms with E-state index in [0.717, 1.165) is 19.3 Å². The Bertz CT molecular complexity index is 627. The molecule has 0 bridgehead atoms. The largest absolute Gasteiger partial charge is 0.466 e. The second-order valence-corrected chi connectivity index (χ2v) is 6.22. The number of carbonyl (C=O) groups excluding carboxylic acids is 2. The Hall–Kier alpha value is -2.17. The molecule has 1 aromatic carbocycles. The summed E-state index contributed by atoms with van der Waals surface area (Å²) in [5, 5.41) is 0. The van der Waals surface area contributed by atoms with E-state index >= 15 is 0 Å². The molecule has 1 aliphatic carbocycles. The highest BCUT2D eigenvalue weighted by atomic mass is 19.1. The van der Waals surface area contributed by atoms with Crippen molar-refractivity contribution in [3.63, 3.8) is 0 Å². The van der Waals surface area contributed by atoms with Gasteiger partial charge in [-0.25, -0.2) is 4.39 Å². The number of rotatable bonds is 8. The maximum atomic E-state index is 13.4. The van der Waals surface area contributed by atoms with Crippen LogP contribution in [0.5, 0.6) is 0 Å². The van der Waals surface area contributed by atoms with Crippen molar-refractivity contribution in [2.24, 2.45) is 0 Å². The van der Waals surface area contributed by atoms with Crippen molar-refractivity contribution in [2.75, 3.05) is 19.7 Å². The van der Waals surface area contributed by atoms with Crippen LogP contribution in [0, 0.1) is 5.82 Å². The summed E-state index contributed by atoms with van der Waals surface area (Å²) >= 11 is 0. The van der Waals surface area contributed by atoms with Crippen molar-refractivity contribution < 1.29 is 18.7 Å². The average Bonchev–Trinajstić information content (AvgIpc) is 2.62. The number of benzene rings is 1. The van der Waals surface area contributed by atoms with Crippen molar-refractivity contribution in [2.45, 2.75) is 45.4 Å². The van der Waals surface area contributed by atoms with Crippen LogP contribution in [-0.2, 0) is 9.53 Å². The summed E-state index contributed by atoms with van der Waals surface area (Å²) in [6.07, 6.45) is 7.76. The molecular formula is C20H26FNO3. The molecule has 136 valence electrons. The maximum Gasteiger partial charge on any atom is 0.307 e. The van der Waals surface area contributed by atoms with Crippen LogP contribution in [0.4, 0.5) is 4.39 Å². The first-order valence-electron chi connectivity index (χ1n) is 8.98. The number of carbonyl (C=O) groups is 2. The lowest BCUT2D eigenvalue weighted by molar-refractivity contribution is -0.143. The third kappa shape index (κ3) is 6.33. The van der Waals surface area contributed by atoms with Gasteiger partial charge in [-0.3, -0.25) is 9.59 Å². The predicted octanol–water partition coefficient (Wildman–Crippen LogP) is 4.11. The molecule has 0 saturated heterocycles. The zero-order valence-electron chi connectivity index (χ0n) is 14.8. The minimum absolute atomic E-state index is 0.147. The fourth-order valence-electron chi connectivity index (χ4n) is 2.99. The third-order valence-electron chi connectivity index (χ3n) is 4.34. The van der Waals surface area contributed by atoms with Gasteiger partial charge in [0.1, 0.15) is 5.82 Å². The van der Waals surface area contributed by atoms with Gasteiger partial charge in [0.15, 0.2) is 0 Å². The molecule has 0 N–H and O–H groups in total. The van der Waals surface area contributed by atoms with Crippen molar-refractivity contribution in [1.82, 2.24) is 4.90 Å². The van der Waals surface area contributed by atoms with E-state index in [1.54, 1.807) is 17.9 Å². The molecule has 0 unspecified atom stereocenters. The molecule has 25 heavy (non-hydrogen) atoms. The fourth-order valence-corrected chi connectivity index (χ4v) is 2.99. The first-order valence-corrected chi connectivity index (χ1v) is 8.98. The first kappa shape index (κ1) is 19.2. The summed E-state index contributed by atoms with van der Waals surface area (Å²) in [5.74, 6) is -1.01. The van der Waals surface area contributed by atoms with Crippen LogP contribution in [-0.4, -0.2) is 36.5 Å². The second-order valence-electron chi connectivity index (χ2n) is 6.22. The lowest BCUT2D eigenvalue weighted by atomic mass is 9.97. The summed E-state index contributed by atoms with van der Waals surface area (Å²) < 4.78 is 18.4. The van der Waals surface area contributed by atoms with Gasteiger partial charge in [0.2, 0.25) is 0 Å². The van der Waals surface area contributed by atoms with Gasteiger partial charge in [-0.05, 0) is 57.2 Å². The van der Waals surface area contributed by atoms with E-state index in [4.69, 9.17) is 4.74 Å². The monoisotopic (exact) mass is 347 g/mol. The molecule has 0 saturated carbocycles. The van der Waals surface area contributed by atoms with Crippen LogP contribution >= 0.6 is 0 Å². The van der Waals surface area contributed by atoms with Crippen LogP contribution < -0.4 is 0 Å². The molecule has 1 amide bonds. The SMILES string of the molecule is CCOC(=O)CCN(CCC1=CCCCC1)C(=O)c1cccc(F)c1. The smallest absolute Gasteiger partial charge is 0.307 e. The topological polar surface area (TPSA) is 46.6 Å². The van der Waals surface area contributed by atoms with Gasteiger partial charge in [0.25, 0.3) is 5.91 Å². The molecule has 0 spiro atoms. The maximum absolute atomic E-state index is 13.4. The quantitative estimate of drug-likeness (QED) is 0.525. The highest BCUT2D eigenvalue weighted by Gasteiger charge is 2.18. The standard InChI is InChI=1S/C20H26FNO3/c1-2-25-19(23)12-14-22(13-11-16-7-4-3-5-8-16)20(24)17-9-6-10-18(21)15-17/h6-7,9-10,15H,2-5,8,11-14H2,1H3. The lowest BCUT2D eigenvalue weighted by Gasteiger charge is -2.24. The molecule has 0 fully saturated rings. The second kappa shape index (κ2) is 9.97. The molecule has 2 rings (SSSR count). The summed E-state index contributed by atoms with van der Waals surface area (Å²) in [4.78, 5) is 26.0. The van der Waals surface area contributed by atoms with Gasteiger partial charge in [0, 0.05) is 18.7 Å². The minimum Gasteiger partial charge on any atom is -0.466 e. The molecule has 0 atom stereocenters. The number of amides is 1. The summed E-state index contributed by atoms with van der Waals surface area (Å²) in [6.45, 7) is 2.88. The van der Waals surface area contributed by atoms with Crippen molar-refractivity contribution >= 4 is 11.9 Å². The van der Waals surface area contributed by atoms with E-state index in [0.29, 0.717) is 18.7 Å². The number of allylic oxidation sites excluding steroid dienone is 1. The first-order chi connectivity index (χ1) is 12.1. The predicted molar refractivity (Wildman–Crippen MR) is 94.7 cm³/mol. The Morgan fingerprint density at radius 1 is 1.24 bits per heavy atom. The number of hydrogen-bond donors (Lipinski definition) is 0. The normalized spacial score (nSPS) is 13.9. The Balaban J connectivity index is 2.03. The Kier molecular flexibility index (Phi) is 7.64. The molecule has 5 heteroatoms. The van der Waals surface area contributed by atoms with Gasteiger partial charge >= 0.3 is 5.97 Å². The van der Waals surface area contributed by atoms with Crippen molar-refractivity contribution in [1.29, 1.82) is 0 Å². The van der Waals surface area contributed by atoms with Crippen LogP contribution in [0.2, 0.25) is 0 Å². The van der Waals surface area contributed by atoms with Crippen LogP contribution in [0.3, 0.4) is 0 Å². The minimum atomic E-state index is -0.439. The number of esters is 1. The zero-order chi connectivity index (χ0) is 18.1. The number of hydrogen-bond acceptors (Lipinski definition) is 3. The van der Waals surface area contributed by atoms with E-state index < -0.39 is 5.82 Å². The van der Waals surface area contributed by atoms with E-state index in [1.165, 1.54) is 36.6 Å². The molecule has 4 nitrogen and oxygen atoms in total. The molecule has 0 aromatic heterocycles. The number of halogens is 1. The molecular weight excluding hydrogens is 321 g/mol. The van der Waals surface area contributed by atoms with E-state index in [1.807, 2.05) is 0 Å². The number of nitrogens with zero attached hydrogens (tertiary/aromatic N) is 1. The zero-order valence-corrected chi connectivity index (χ0v) is 14.8. The lowest BCUT2D eigenvalue weighted by Crippen LogP contribution is -2.34. The van der Waals surface area contributed by atoms with Crippen LogP contribution in [0.1, 0.15) is 55.8 Å². The Morgan fingerprint density at radius 2 is 2.08 bits per heavy atom. The molecule has 0 radical (unpaired) electrons. The van der Waals surface area contributed by atoms with Gasteiger partial charge in [0.05, 0.1) is 13.0 Å². The van der Waals surface area contributed by atoms with Gasteiger partial charge < -0.3 is 9.64 Å². The average molecular weight is 347 g/mol. The summed E-state index contributed by atoms with van der Waals surface area (Å²) in [6, 6.07) is 5.67. The summed E-state index contributed by atoms with van der Waals surface area (Å²) in [7, 11) is 0. The van der Waals surface area contributed by atoms with Gasteiger partial charge in [-0.15, -0.1) is 0 Å². The van der Waals surface area contributed by atoms with Gasteiger partial charge in [-0.2, -0.15) is 0 Å². The molecule has 0 heterocycles. The van der Waals surface area contributed by atoms with Crippen molar-refractivity contribution in [3.8, 4) is 0 Å². The van der Waals surface area contributed by atoms with Crippen LogP contribution in [0.15, 0.2) is 35.9 Å². The fraction of sp³-hybridized carbons (Fsp3) is 0.500. The van der Waals surface area contributed by atoms with Crippen molar-refractivity contribution in [3.05, 3.63) is 47.3 Å². The Morgan fingerprint density at radius 3 is 2.76 bits per heavy atom.